The summed E-state index contributed by atoms with van der Waals surface area (Å²) in [6.45, 7) is 4.82. The molecule has 64 valence electrons. The van der Waals surface area contributed by atoms with Gasteiger partial charge in [-0.15, -0.1) is 0 Å². The van der Waals surface area contributed by atoms with E-state index in [9.17, 15) is 0 Å². The standard InChI is InChI=1S/C7H16N4/c8-7(9)6-11-4-1-2-10-3-5-11/h10H,1-6H2,(H3,8,9). The summed E-state index contributed by atoms with van der Waals surface area (Å²) in [5, 5.41) is 10.4. The van der Waals surface area contributed by atoms with E-state index in [-0.39, 0.29) is 5.84 Å². The Morgan fingerprint density at radius 1 is 1.45 bits per heavy atom. The molecule has 1 aliphatic rings. The van der Waals surface area contributed by atoms with E-state index in [1.165, 1.54) is 0 Å². The third-order valence-electron chi connectivity index (χ3n) is 1.83. The van der Waals surface area contributed by atoms with Crippen molar-refractivity contribution >= 4 is 5.84 Å². The van der Waals surface area contributed by atoms with Gasteiger partial charge in [0.2, 0.25) is 0 Å². The average Bonchev–Trinajstić information content (AvgIpc) is 2.14. The molecule has 4 N–H and O–H groups in total. The molecule has 1 saturated heterocycles. The lowest BCUT2D eigenvalue weighted by atomic mass is 10.4. The Kier molecular flexibility index (Phi) is 3.32. The maximum atomic E-state index is 7.12. The highest BCUT2D eigenvalue weighted by Crippen LogP contribution is 1.93. The summed E-state index contributed by atoms with van der Waals surface area (Å²) in [5.74, 6) is 0.270. The van der Waals surface area contributed by atoms with Crippen molar-refractivity contribution in [3.63, 3.8) is 0 Å². The van der Waals surface area contributed by atoms with Crippen molar-refractivity contribution in [3.05, 3.63) is 0 Å². The first-order chi connectivity index (χ1) is 5.29. The number of hydrogen-bond acceptors (Lipinski definition) is 3. The first kappa shape index (κ1) is 8.49. The van der Waals surface area contributed by atoms with Gasteiger partial charge in [-0.05, 0) is 19.5 Å². The smallest absolute Gasteiger partial charge is 0.105 e. The molecule has 0 unspecified atom stereocenters. The Morgan fingerprint density at radius 3 is 3.00 bits per heavy atom. The van der Waals surface area contributed by atoms with Gasteiger partial charge in [0, 0.05) is 13.1 Å². The molecule has 4 nitrogen and oxygen atoms in total. The highest BCUT2D eigenvalue weighted by molar-refractivity contribution is 5.78. The molecule has 0 aliphatic carbocycles. The van der Waals surface area contributed by atoms with Gasteiger partial charge in [0.05, 0.1) is 6.54 Å². The number of nitrogens with zero attached hydrogens (tertiary/aromatic N) is 1. The summed E-state index contributed by atoms with van der Waals surface area (Å²) in [6.07, 6.45) is 1.16. The second-order valence-corrected chi connectivity index (χ2v) is 2.90. The van der Waals surface area contributed by atoms with Gasteiger partial charge in [0.15, 0.2) is 0 Å². The largest absolute Gasteiger partial charge is 0.387 e. The van der Waals surface area contributed by atoms with Gasteiger partial charge in [0.25, 0.3) is 0 Å². The Morgan fingerprint density at radius 2 is 2.27 bits per heavy atom. The molecule has 0 spiro atoms. The van der Waals surface area contributed by atoms with Gasteiger partial charge in [0.1, 0.15) is 5.84 Å². The predicted molar refractivity (Wildman–Crippen MR) is 45.8 cm³/mol. The minimum Gasteiger partial charge on any atom is -0.387 e. The van der Waals surface area contributed by atoms with Crippen molar-refractivity contribution in [1.29, 1.82) is 5.41 Å². The zero-order valence-corrected chi connectivity index (χ0v) is 6.77. The van der Waals surface area contributed by atoms with E-state index in [1.807, 2.05) is 0 Å². The molecule has 0 radical (unpaired) electrons. The normalized spacial score (nSPS) is 21.1. The van der Waals surface area contributed by atoms with E-state index in [0.717, 1.165) is 32.6 Å². The van der Waals surface area contributed by atoms with Crippen LogP contribution in [0.4, 0.5) is 0 Å². The summed E-state index contributed by atoms with van der Waals surface area (Å²) >= 11 is 0. The van der Waals surface area contributed by atoms with Crippen LogP contribution in [0.15, 0.2) is 0 Å². The molecule has 0 saturated carbocycles. The van der Waals surface area contributed by atoms with E-state index < -0.39 is 0 Å². The first-order valence-corrected chi connectivity index (χ1v) is 4.05. The second-order valence-electron chi connectivity index (χ2n) is 2.90. The Labute approximate surface area is 67.3 Å². The van der Waals surface area contributed by atoms with Crippen LogP contribution >= 0.6 is 0 Å². The Balaban J connectivity index is 2.25. The number of hydrogen-bond donors (Lipinski definition) is 3. The van der Waals surface area contributed by atoms with Gasteiger partial charge in [-0.3, -0.25) is 10.3 Å². The summed E-state index contributed by atoms with van der Waals surface area (Å²) in [7, 11) is 0. The number of nitrogens with one attached hydrogen (secondary N) is 2. The summed E-state index contributed by atoms with van der Waals surface area (Å²) in [5.41, 5.74) is 5.30. The molecule has 1 aliphatic heterocycles. The van der Waals surface area contributed by atoms with Gasteiger partial charge in [-0.1, -0.05) is 0 Å². The zero-order valence-electron chi connectivity index (χ0n) is 6.77. The highest BCUT2D eigenvalue weighted by Gasteiger charge is 2.08. The number of amidine groups is 1. The van der Waals surface area contributed by atoms with E-state index in [4.69, 9.17) is 11.1 Å². The molecule has 4 heteroatoms. The number of rotatable bonds is 2. The van der Waals surface area contributed by atoms with Gasteiger partial charge >= 0.3 is 0 Å². The van der Waals surface area contributed by atoms with E-state index in [0.29, 0.717) is 6.54 Å². The lowest BCUT2D eigenvalue weighted by Crippen LogP contribution is -2.35. The van der Waals surface area contributed by atoms with Crippen molar-refractivity contribution in [2.24, 2.45) is 5.73 Å². The Hall–Kier alpha value is -0.610. The molecular weight excluding hydrogens is 140 g/mol. The van der Waals surface area contributed by atoms with Crippen LogP contribution in [0.2, 0.25) is 0 Å². The van der Waals surface area contributed by atoms with Crippen LogP contribution in [0.25, 0.3) is 0 Å². The van der Waals surface area contributed by atoms with Gasteiger partial charge in [-0.25, -0.2) is 0 Å². The Bertz CT molecular complexity index is 126. The third kappa shape index (κ3) is 3.34. The quantitative estimate of drug-likeness (QED) is 0.363. The van der Waals surface area contributed by atoms with Crippen molar-refractivity contribution in [3.8, 4) is 0 Å². The van der Waals surface area contributed by atoms with Crippen LogP contribution in [-0.2, 0) is 0 Å². The fraction of sp³-hybridized carbons (Fsp3) is 0.857. The summed E-state index contributed by atoms with van der Waals surface area (Å²) < 4.78 is 0. The second kappa shape index (κ2) is 4.31. The predicted octanol–water partition coefficient (Wildman–Crippen LogP) is -0.782. The number of nitrogens with two attached hydrogens (primary N) is 1. The fourth-order valence-corrected chi connectivity index (χ4v) is 1.30. The molecule has 0 atom stereocenters. The van der Waals surface area contributed by atoms with Crippen LogP contribution < -0.4 is 11.1 Å². The van der Waals surface area contributed by atoms with Gasteiger partial charge < -0.3 is 11.1 Å². The monoisotopic (exact) mass is 156 g/mol. The van der Waals surface area contributed by atoms with Crippen molar-refractivity contribution in [1.82, 2.24) is 10.2 Å². The van der Waals surface area contributed by atoms with Crippen molar-refractivity contribution in [2.75, 3.05) is 32.7 Å². The molecule has 1 heterocycles. The topological polar surface area (TPSA) is 65.1 Å². The molecule has 0 amide bonds. The lowest BCUT2D eigenvalue weighted by Gasteiger charge is -2.17. The van der Waals surface area contributed by atoms with E-state index in [2.05, 4.69) is 10.2 Å². The van der Waals surface area contributed by atoms with Crippen LogP contribution in [0.1, 0.15) is 6.42 Å². The highest BCUT2D eigenvalue weighted by atomic mass is 15.2. The molecule has 1 rings (SSSR count). The lowest BCUT2D eigenvalue weighted by molar-refractivity contribution is 0.332. The van der Waals surface area contributed by atoms with Crippen LogP contribution in [0.5, 0.6) is 0 Å². The summed E-state index contributed by atoms with van der Waals surface area (Å²) in [4.78, 5) is 2.21. The minimum absolute atomic E-state index is 0.270. The molecule has 0 bridgehead atoms. The minimum atomic E-state index is 0.270. The maximum Gasteiger partial charge on any atom is 0.105 e. The van der Waals surface area contributed by atoms with Crippen molar-refractivity contribution in [2.45, 2.75) is 6.42 Å². The average molecular weight is 156 g/mol. The molecule has 0 aromatic carbocycles. The molecule has 1 fully saturated rings. The zero-order chi connectivity index (χ0) is 8.10. The SMILES string of the molecule is N=C(N)CN1CCCNCC1. The maximum absolute atomic E-state index is 7.12. The molecule has 11 heavy (non-hydrogen) atoms. The van der Waals surface area contributed by atoms with E-state index in [1.54, 1.807) is 0 Å². The van der Waals surface area contributed by atoms with Crippen LogP contribution in [0, 0.1) is 5.41 Å². The van der Waals surface area contributed by atoms with Gasteiger partial charge in [-0.2, -0.15) is 0 Å². The first-order valence-electron chi connectivity index (χ1n) is 4.05. The summed E-state index contributed by atoms with van der Waals surface area (Å²) in [6, 6.07) is 0. The van der Waals surface area contributed by atoms with E-state index >= 15 is 0 Å². The molecule has 0 aromatic rings. The molecular formula is C7H16N4. The van der Waals surface area contributed by atoms with Crippen LogP contribution in [-0.4, -0.2) is 43.5 Å². The van der Waals surface area contributed by atoms with Crippen molar-refractivity contribution < 1.29 is 0 Å². The third-order valence-corrected chi connectivity index (χ3v) is 1.83. The van der Waals surface area contributed by atoms with Crippen LogP contribution in [0.3, 0.4) is 0 Å². The fourth-order valence-electron chi connectivity index (χ4n) is 1.30. The molecule has 0 aromatic heterocycles.